The summed E-state index contributed by atoms with van der Waals surface area (Å²) in [6.07, 6.45) is 5.83. The van der Waals surface area contributed by atoms with Gasteiger partial charge in [-0.2, -0.15) is 0 Å². The van der Waals surface area contributed by atoms with Crippen LogP contribution in [0.4, 0.5) is 17.1 Å². The molecule has 0 spiro atoms. The molecule has 5 N–H and O–H groups in total. The number of likely N-dealkylation sites (tertiary alicyclic amines) is 1. The molecular formula is C54H68ClN7O10S2. The van der Waals surface area contributed by atoms with Gasteiger partial charge in [-0.3, -0.25) is 24.5 Å². The van der Waals surface area contributed by atoms with E-state index in [1.54, 1.807) is 62.9 Å². The molecular weight excluding hydrogens is 1010 g/mol. The number of carbonyl (C=O) groups excluding carboxylic acids is 5. The molecule has 17 nitrogen and oxygen atoms in total. The van der Waals surface area contributed by atoms with Gasteiger partial charge in [0.2, 0.25) is 27.7 Å². The zero-order chi connectivity index (χ0) is 52.7. The van der Waals surface area contributed by atoms with Gasteiger partial charge in [0.1, 0.15) is 23.3 Å². The van der Waals surface area contributed by atoms with E-state index >= 15 is 0 Å². The minimum absolute atomic E-state index is 0.0131. The maximum absolute atomic E-state index is 13.7. The third kappa shape index (κ3) is 14.0. The number of esters is 1. The molecule has 2 unspecified atom stereocenters. The number of sulfonamides is 1. The van der Waals surface area contributed by atoms with Gasteiger partial charge < -0.3 is 40.3 Å². The predicted octanol–water partition coefficient (Wildman–Crippen LogP) is 8.03. The average Bonchev–Trinajstić information content (AvgIpc) is 3.86. The Kier molecular flexibility index (Phi) is 17.7. The first kappa shape index (κ1) is 54.7. The normalized spacial score (nSPS) is 18.7. The number of ether oxygens (including phenoxy) is 2. The molecule has 4 aliphatic heterocycles. The van der Waals surface area contributed by atoms with Gasteiger partial charge in [0.05, 0.1) is 16.7 Å². The Hall–Kier alpha value is -5.57. The Balaban J connectivity index is 0.735. The number of hydrogen-bond donors (Lipinski definition) is 5. The van der Waals surface area contributed by atoms with Crippen LogP contribution >= 0.6 is 22.9 Å². The largest absolute Gasteiger partial charge is 0.488 e. The first-order valence-corrected chi connectivity index (χ1v) is 28.5. The number of hydrogen-bond acceptors (Lipinski definition) is 14. The minimum atomic E-state index is -3.64. The van der Waals surface area contributed by atoms with Gasteiger partial charge in [0.15, 0.2) is 10.6 Å². The van der Waals surface area contributed by atoms with E-state index < -0.39 is 39.6 Å². The molecule has 20 heteroatoms. The number of aliphatic hydroxyl groups is 1. The van der Waals surface area contributed by atoms with E-state index in [0.29, 0.717) is 67.0 Å². The molecule has 0 radical (unpaired) electrons. The molecule has 74 heavy (non-hydrogen) atoms. The van der Waals surface area contributed by atoms with Crippen LogP contribution in [0.15, 0.2) is 66.7 Å². The van der Waals surface area contributed by atoms with E-state index in [-0.39, 0.29) is 64.2 Å². The van der Waals surface area contributed by atoms with E-state index in [1.165, 1.54) is 4.31 Å². The third-order valence-electron chi connectivity index (χ3n) is 13.7. The fourth-order valence-electron chi connectivity index (χ4n) is 9.94. The number of benzene rings is 3. The lowest BCUT2D eigenvalue weighted by atomic mass is 10.0. The molecule has 2 atom stereocenters. The van der Waals surface area contributed by atoms with Gasteiger partial charge in [-0.1, -0.05) is 48.4 Å². The molecule has 4 amide bonds. The summed E-state index contributed by atoms with van der Waals surface area (Å²) in [6, 6.07) is 19.9. The average molecular weight is 1070 g/mol. The van der Waals surface area contributed by atoms with Gasteiger partial charge >= 0.3 is 5.97 Å². The van der Waals surface area contributed by atoms with Gasteiger partial charge in [-0.15, -0.1) is 11.3 Å². The second kappa shape index (κ2) is 24.0. The number of rotatable bonds is 20. The van der Waals surface area contributed by atoms with Crippen molar-refractivity contribution in [1.29, 1.82) is 0 Å². The van der Waals surface area contributed by atoms with Gasteiger partial charge in [-0.25, -0.2) is 17.5 Å². The van der Waals surface area contributed by atoms with E-state index in [0.717, 1.165) is 85.6 Å². The fourth-order valence-corrected chi connectivity index (χ4v) is 12.9. The van der Waals surface area contributed by atoms with Gasteiger partial charge in [0, 0.05) is 85.8 Å². The quantitative estimate of drug-likeness (QED) is 0.0322. The lowest BCUT2D eigenvalue weighted by Crippen LogP contribution is -2.52. The summed E-state index contributed by atoms with van der Waals surface area (Å²) in [6.45, 7) is 10.7. The second-order valence-corrected chi connectivity index (χ2v) is 24.1. The number of nitrogens with one attached hydrogen (secondary N) is 4. The minimum Gasteiger partial charge on any atom is -0.488 e. The van der Waals surface area contributed by atoms with Crippen molar-refractivity contribution in [2.45, 2.75) is 134 Å². The molecule has 0 bridgehead atoms. The van der Waals surface area contributed by atoms with Crippen LogP contribution in [0.2, 0.25) is 5.02 Å². The Morgan fingerprint density at radius 3 is 2.32 bits per heavy atom. The zero-order valence-corrected chi connectivity index (χ0v) is 44.9. The van der Waals surface area contributed by atoms with Crippen molar-refractivity contribution in [3.63, 3.8) is 0 Å². The van der Waals surface area contributed by atoms with Crippen LogP contribution in [0.25, 0.3) is 10.4 Å². The molecule has 0 aliphatic carbocycles. The zero-order valence-electron chi connectivity index (χ0n) is 42.5. The first-order valence-electron chi connectivity index (χ1n) is 25.7. The van der Waals surface area contributed by atoms with Crippen LogP contribution in [0.1, 0.15) is 123 Å². The predicted molar refractivity (Wildman–Crippen MR) is 287 cm³/mol. The molecule has 4 aliphatic rings. The van der Waals surface area contributed by atoms with Crippen molar-refractivity contribution >= 4 is 79.6 Å². The van der Waals surface area contributed by atoms with Crippen LogP contribution in [0.3, 0.4) is 0 Å². The van der Waals surface area contributed by atoms with Crippen LogP contribution in [0, 0.1) is 0 Å². The monoisotopic (exact) mass is 1070 g/mol. The molecule has 5 heterocycles. The Morgan fingerprint density at radius 1 is 0.892 bits per heavy atom. The van der Waals surface area contributed by atoms with Crippen molar-refractivity contribution in [3.05, 3.63) is 93.3 Å². The van der Waals surface area contributed by atoms with Crippen molar-refractivity contribution in [1.82, 2.24) is 19.4 Å². The maximum atomic E-state index is 13.7. The van der Waals surface area contributed by atoms with E-state index in [2.05, 4.69) is 26.2 Å². The summed E-state index contributed by atoms with van der Waals surface area (Å²) in [7, 11) is -3.64. The lowest BCUT2D eigenvalue weighted by Gasteiger charge is -2.33. The van der Waals surface area contributed by atoms with Crippen molar-refractivity contribution in [2.24, 2.45) is 0 Å². The van der Waals surface area contributed by atoms with Crippen molar-refractivity contribution in [2.75, 3.05) is 55.3 Å². The fraction of sp³-hybridized carbons (Fsp3) is 0.500. The number of imide groups is 1. The molecule has 3 fully saturated rings. The van der Waals surface area contributed by atoms with Crippen LogP contribution < -0.4 is 26.0 Å². The number of halogens is 1. The number of aliphatic hydroxyl groups excluding tert-OH is 1. The summed E-state index contributed by atoms with van der Waals surface area (Å²) in [5.41, 5.74) is 4.41. The highest BCUT2D eigenvalue weighted by molar-refractivity contribution is 7.88. The highest BCUT2D eigenvalue weighted by atomic mass is 35.5. The standard InChI is InChI=1S/C54H68ClN7O10S2/c1-34(63)32-71-48-47(55)49(73-50(48)53(68)72-54(2,3)4)36-12-9-14-40(30-36)56-37-22-27-61(28-23-37)74(69,70)33-35-11-8-13-39(29-35)58-45(64)17-6-5-7-24-60-25-20-38(21-26-60)57-43-16-10-15-41-42(43)31-62(52(41)67)44-18-19-46(65)59-51(44)66/h8-16,29-30,34,37-38,44,56-57,63H,5-7,17-28,31-33H2,1-4H3,(H,58,64)(H,59,65,66). The first-order chi connectivity index (χ1) is 35.3. The second-order valence-electron chi connectivity index (χ2n) is 20.8. The number of anilines is 3. The molecule has 3 saturated heterocycles. The third-order valence-corrected chi connectivity index (χ3v) is 17.2. The number of unbranched alkanes of at least 4 members (excludes halogenated alkanes) is 2. The van der Waals surface area contributed by atoms with Crippen LogP contribution in [-0.2, 0) is 41.4 Å². The van der Waals surface area contributed by atoms with Crippen LogP contribution in [-0.4, -0.2) is 126 Å². The highest BCUT2D eigenvalue weighted by Gasteiger charge is 2.40. The molecule has 1 aromatic heterocycles. The van der Waals surface area contributed by atoms with Crippen molar-refractivity contribution in [3.8, 4) is 16.2 Å². The molecule has 4 aromatic rings. The Morgan fingerprint density at radius 2 is 1.59 bits per heavy atom. The van der Waals surface area contributed by atoms with E-state index in [1.807, 2.05) is 36.4 Å². The Labute approximate surface area is 442 Å². The summed E-state index contributed by atoms with van der Waals surface area (Å²) < 4.78 is 40.3. The summed E-state index contributed by atoms with van der Waals surface area (Å²) in [5.74, 6) is -1.59. The molecule has 0 saturated carbocycles. The number of carbonyl (C=O) groups is 5. The van der Waals surface area contributed by atoms with Crippen molar-refractivity contribution < 1.29 is 47.0 Å². The summed E-state index contributed by atoms with van der Waals surface area (Å²) in [5, 5.41) is 22.7. The van der Waals surface area contributed by atoms with Gasteiger partial charge in [0.25, 0.3) is 5.91 Å². The van der Waals surface area contributed by atoms with E-state index in [9.17, 15) is 37.5 Å². The Bertz CT molecular complexity index is 2820. The number of fused-ring (bicyclic) bond motifs is 1. The van der Waals surface area contributed by atoms with Gasteiger partial charge in [-0.05, 0) is 127 Å². The van der Waals surface area contributed by atoms with Crippen LogP contribution in [0.5, 0.6) is 5.75 Å². The number of nitrogens with zero attached hydrogens (tertiary/aromatic N) is 3. The maximum Gasteiger partial charge on any atom is 0.352 e. The lowest BCUT2D eigenvalue weighted by molar-refractivity contribution is -0.137. The SMILES string of the molecule is CC(O)COc1c(C(=O)OC(C)(C)C)sc(-c2cccc(NC3CCN(S(=O)(=O)Cc4cccc(NC(=O)CCCCCN5CCC(Nc6cccc7c6CN(C6CCC(=O)NC6=O)C7=O)CC5)c4)CC3)c2)c1Cl. The molecule has 8 rings (SSSR count). The number of amides is 4. The van der Waals surface area contributed by atoms with E-state index in [4.69, 9.17) is 21.1 Å². The highest BCUT2D eigenvalue weighted by Crippen LogP contribution is 2.47. The topological polar surface area (TPSA) is 216 Å². The summed E-state index contributed by atoms with van der Waals surface area (Å²) >= 11 is 7.99. The number of thiophene rings is 1. The molecule has 3 aromatic carbocycles. The number of piperidine rings is 3. The smallest absolute Gasteiger partial charge is 0.352 e. The summed E-state index contributed by atoms with van der Waals surface area (Å²) in [4.78, 5) is 68.5. The molecule has 398 valence electrons.